The van der Waals surface area contributed by atoms with E-state index in [4.69, 9.17) is 9.47 Å². The van der Waals surface area contributed by atoms with Crippen molar-refractivity contribution in [1.29, 1.82) is 0 Å². The molecule has 2 saturated heterocycles. The molecule has 2 amide bonds. The monoisotopic (exact) mass is 402 g/mol. The van der Waals surface area contributed by atoms with Crippen LogP contribution in [0.2, 0.25) is 0 Å². The molecular formula is C23H34N2O4. The van der Waals surface area contributed by atoms with Crippen LogP contribution < -0.4 is 0 Å². The topological polar surface area (TPSA) is 59.1 Å². The van der Waals surface area contributed by atoms with Crippen molar-refractivity contribution in [3.8, 4) is 0 Å². The van der Waals surface area contributed by atoms with Crippen LogP contribution in [-0.4, -0.2) is 51.8 Å². The number of hydrogen-bond acceptors (Lipinski definition) is 4. The molecule has 3 atom stereocenters. The highest BCUT2D eigenvalue weighted by molar-refractivity contribution is 5.87. The maximum atomic E-state index is 13.1. The molecule has 1 aromatic rings. The molecule has 0 aromatic heterocycles. The summed E-state index contributed by atoms with van der Waals surface area (Å²) >= 11 is 0. The Hall–Kier alpha value is -2.08. The second-order valence-electron chi connectivity index (χ2n) is 9.89. The number of rotatable bonds is 4. The van der Waals surface area contributed by atoms with Crippen LogP contribution in [0, 0.1) is 11.8 Å². The van der Waals surface area contributed by atoms with E-state index in [9.17, 15) is 9.59 Å². The van der Waals surface area contributed by atoms with Crippen molar-refractivity contribution in [1.82, 2.24) is 9.80 Å². The van der Waals surface area contributed by atoms with Gasteiger partial charge in [0.1, 0.15) is 11.3 Å². The first-order valence-electron chi connectivity index (χ1n) is 10.4. The lowest BCUT2D eigenvalue weighted by Gasteiger charge is -2.53. The van der Waals surface area contributed by atoms with Gasteiger partial charge in [-0.15, -0.1) is 0 Å². The summed E-state index contributed by atoms with van der Waals surface area (Å²) in [4.78, 5) is 29.7. The number of ether oxygens (including phenoxy) is 2. The number of benzene rings is 1. The van der Waals surface area contributed by atoms with E-state index in [-0.39, 0.29) is 29.8 Å². The van der Waals surface area contributed by atoms with Gasteiger partial charge in [-0.05, 0) is 46.1 Å². The average molecular weight is 403 g/mol. The van der Waals surface area contributed by atoms with Gasteiger partial charge in [0.25, 0.3) is 0 Å². The summed E-state index contributed by atoms with van der Waals surface area (Å²) in [6.07, 6.45) is -0.397. The van der Waals surface area contributed by atoms with E-state index in [0.717, 1.165) is 5.56 Å². The molecule has 160 valence electrons. The number of carbonyl (C=O) groups is 2. The second kappa shape index (κ2) is 7.63. The summed E-state index contributed by atoms with van der Waals surface area (Å²) in [5.41, 5.74) is -0.308. The summed E-state index contributed by atoms with van der Waals surface area (Å²) in [6.45, 7) is 14.4. The maximum Gasteiger partial charge on any atom is 0.412 e. The van der Waals surface area contributed by atoms with Crippen molar-refractivity contribution in [3.05, 3.63) is 35.9 Å². The number of β-lactam (4-membered cyclic amide) rings is 1. The molecule has 3 rings (SSSR count). The highest BCUT2D eigenvalue weighted by atomic mass is 16.6. The minimum Gasteiger partial charge on any atom is -0.444 e. The number of hydrogen-bond donors (Lipinski definition) is 0. The Morgan fingerprint density at radius 1 is 1.24 bits per heavy atom. The van der Waals surface area contributed by atoms with Crippen LogP contribution in [0.4, 0.5) is 4.79 Å². The molecule has 0 radical (unpaired) electrons. The fourth-order valence-electron chi connectivity index (χ4n) is 4.44. The number of amides is 2. The second-order valence-corrected chi connectivity index (χ2v) is 9.89. The lowest BCUT2D eigenvalue weighted by molar-refractivity contribution is -0.166. The van der Waals surface area contributed by atoms with Crippen molar-refractivity contribution in [2.24, 2.45) is 11.8 Å². The zero-order valence-electron chi connectivity index (χ0n) is 18.6. The third kappa shape index (κ3) is 4.27. The summed E-state index contributed by atoms with van der Waals surface area (Å²) in [6, 6.07) is 9.62. The first kappa shape index (κ1) is 21.6. The molecule has 0 saturated carbocycles. The lowest BCUT2D eigenvalue weighted by atomic mass is 9.75. The van der Waals surface area contributed by atoms with Crippen molar-refractivity contribution in [2.75, 3.05) is 6.61 Å². The first-order chi connectivity index (χ1) is 13.4. The lowest BCUT2D eigenvalue weighted by Crippen LogP contribution is -2.70. The largest absolute Gasteiger partial charge is 0.444 e. The van der Waals surface area contributed by atoms with Gasteiger partial charge in [-0.25, -0.2) is 4.79 Å². The maximum absolute atomic E-state index is 13.1. The van der Waals surface area contributed by atoms with Gasteiger partial charge in [0.2, 0.25) is 5.91 Å². The molecule has 2 aliphatic heterocycles. The molecule has 2 aliphatic rings. The zero-order chi connectivity index (χ0) is 21.6. The fourth-order valence-corrected chi connectivity index (χ4v) is 4.44. The third-order valence-corrected chi connectivity index (χ3v) is 5.71. The molecule has 0 N–H and O–H groups in total. The van der Waals surface area contributed by atoms with Gasteiger partial charge >= 0.3 is 6.09 Å². The summed E-state index contributed by atoms with van der Waals surface area (Å²) in [7, 11) is 0. The first-order valence-corrected chi connectivity index (χ1v) is 10.4. The van der Waals surface area contributed by atoms with Crippen LogP contribution in [0.25, 0.3) is 0 Å². The zero-order valence-corrected chi connectivity index (χ0v) is 18.6. The highest BCUT2D eigenvalue weighted by Crippen LogP contribution is 2.42. The van der Waals surface area contributed by atoms with E-state index < -0.39 is 17.4 Å². The Morgan fingerprint density at radius 2 is 1.86 bits per heavy atom. The molecule has 29 heavy (non-hydrogen) atoms. The molecule has 2 fully saturated rings. The normalized spacial score (nSPS) is 26.6. The van der Waals surface area contributed by atoms with Crippen LogP contribution >= 0.6 is 0 Å². The Morgan fingerprint density at radius 3 is 2.41 bits per heavy atom. The summed E-state index contributed by atoms with van der Waals surface area (Å²) in [5.74, 6) is 0.192. The third-order valence-electron chi connectivity index (χ3n) is 5.71. The Kier molecular flexibility index (Phi) is 5.69. The van der Waals surface area contributed by atoms with E-state index in [1.54, 1.807) is 4.90 Å². The minimum absolute atomic E-state index is 0.100. The molecule has 6 nitrogen and oxygen atoms in total. The van der Waals surface area contributed by atoms with Crippen molar-refractivity contribution < 1.29 is 19.1 Å². The van der Waals surface area contributed by atoms with Gasteiger partial charge in [0.05, 0.1) is 24.6 Å². The highest BCUT2D eigenvalue weighted by Gasteiger charge is 2.59. The molecule has 0 aliphatic carbocycles. The fraction of sp³-hybridized carbons (Fsp3) is 0.652. The van der Waals surface area contributed by atoms with Gasteiger partial charge in [-0.3, -0.25) is 9.69 Å². The Bertz CT molecular complexity index is 754. The van der Waals surface area contributed by atoms with Gasteiger partial charge < -0.3 is 14.4 Å². The molecular weight excluding hydrogens is 368 g/mol. The van der Waals surface area contributed by atoms with Crippen molar-refractivity contribution >= 4 is 12.0 Å². The smallest absolute Gasteiger partial charge is 0.412 e. The predicted octanol–water partition coefficient (Wildman–Crippen LogP) is 4.04. The molecule has 0 spiro atoms. The standard InChI is InChI=1S/C23H34N2O4/c1-15(2)18-19(24(20(18)26)13-16-11-9-8-10-12-16)17-14-28-23(6,7)25(17)21(27)29-22(3,4)5/h8-12,15,17-19H,13-14H2,1-7H3/t17-,18+,19+/m0/s1. The quantitative estimate of drug-likeness (QED) is 0.713. The van der Waals surface area contributed by atoms with Crippen LogP contribution in [0.3, 0.4) is 0 Å². The van der Waals surface area contributed by atoms with Crippen LogP contribution in [0.15, 0.2) is 30.3 Å². The van der Waals surface area contributed by atoms with E-state index in [1.165, 1.54) is 0 Å². The van der Waals surface area contributed by atoms with Gasteiger partial charge in [0, 0.05) is 6.54 Å². The van der Waals surface area contributed by atoms with E-state index in [0.29, 0.717) is 13.2 Å². The number of nitrogens with zero attached hydrogens (tertiary/aromatic N) is 2. The van der Waals surface area contributed by atoms with E-state index in [1.807, 2.05) is 69.9 Å². The van der Waals surface area contributed by atoms with Gasteiger partial charge in [-0.2, -0.15) is 0 Å². The minimum atomic E-state index is -0.786. The molecule has 6 heteroatoms. The molecule has 2 heterocycles. The molecule has 1 aromatic carbocycles. The van der Waals surface area contributed by atoms with Crippen molar-refractivity contribution in [3.63, 3.8) is 0 Å². The summed E-state index contributed by atoms with van der Waals surface area (Å²) < 4.78 is 11.7. The van der Waals surface area contributed by atoms with Crippen LogP contribution in [-0.2, 0) is 20.8 Å². The van der Waals surface area contributed by atoms with Crippen molar-refractivity contribution in [2.45, 2.75) is 78.4 Å². The number of likely N-dealkylation sites (tertiary alicyclic amines) is 1. The SMILES string of the molecule is CC(C)[C@H]1C(=O)N(Cc2ccccc2)[C@@H]1[C@@H]1COC(C)(C)N1C(=O)OC(C)(C)C. The van der Waals surface area contributed by atoms with E-state index >= 15 is 0 Å². The molecule has 0 bridgehead atoms. The van der Waals surface area contributed by atoms with Gasteiger partial charge in [-0.1, -0.05) is 44.2 Å². The van der Waals surface area contributed by atoms with Crippen LogP contribution in [0.5, 0.6) is 0 Å². The Labute approximate surface area is 174 Å². The molecule has 0 unspecified atom stereocenters. The predicted molar refractivity (Wildman–Crippen MR) is 111 cm³/mol. The Balaban J connectivity index is 1.90. The van der Waals surface area contributed by atoms with Crippen LogP contribution in [0.1, 0.15) is 54.0 Å². The number of carbonyl (C=O) groups excluding carboxylic acids is 2. The summed E-state index contributed by atoms with van der Waals surface area (Å²) in [5, 5.41) is 0. The van der Waals surface area contributed by atoms with Gasteiger partial charge in [0.15, 0.2) is 0 Å². The van der Waals surface area contributed by atoms with E-state index in [2.05, 4.69) is 13.8 Å². The average Bonchev–Trinajstić information content (AvgIpc) is 2.90.